The lowest BCUT2D eigenvalue weighted by Crippen LogP contribution is -2.45. The van der Waals surface area contributed by atoms with E-state index < -0.39 is 0 Å². The summed E-state index contributed by atoms with van der Waals surface area (Å²) in [6, 6.07) is 13.4. The average molecular weight is 404 g/mol. The van der Waals surface area contributed by atoms with Crippen molar-refractivity contribution in [2.24, 2.45) is 5.92 Å². The largest absolute Gasteiger partial charge is 0.370 e. The van der Waals surface area contributed by atoms with Gasteiger partial charge in [-0.1, -0.05) is 37.5 Å². The van der Waals surface area contributed by atoms with Crippen LogP contribution in [0.1, 0.15) is 67.9 Å². The number of pyridine rings is 1. The molecule has 158 valence electrons. The number of likely N-dealkylation sites (tertiary alicyclic amines) is 1. The third kappa shape index (κ3) is 4.10. The van der Waals surface area contributed by atoms with Gasteiger partial charge in [0.1, 0.15) is 0 Å². The molecule has 4 nitrogen and oxygen atoms in total. The summed E-state index contributed by atoms with van der Waals surface area (Å²) in [4.78, 5) is 21.7. The van der Waals surface area contributed by atoms with Crippen molar-refractivity contribution in [1.82, 2.24) is 9.88 Å². The lowest BCUT2D eigenvalue weighted by molar-refractivity contribution is -0.137. The minimum Gasteiger partial charge on any atom is -0.370 e. The van der Waals surface area contributed by atoms with Crippen LogP contribution in [0.3, 0.4) is 0 Å². The molecular weight excluding hydrogens is 370 g/mol. The molecule has 1 aromatic heterocycles. The van der Waals surface area contributed by atoms with E-state index in [0.717, 1.165) is 51.9 Å². The Morgan fingerprint density at radius 3 is 2.23 bits per heavy atom. The zero-order valence-corrected chi connectivity index (χ0v) is 17.9. The van der Waals surface area contributed by atoms with E-state index in [1.807, 2.05) is 18.5 Å². The molecule has 1 saturated carbocycles. The third-order valence-electron chi connectivity index (χ3n) is 7.53. The second-order valence-electron chi connectivity index (χ2n) is 9.41. The number of carbonyl (C=O) groups is 1. The standard InChI is InChI=1S/C26H33N3O/c30-26(22-5-2-1-3-6-22)28-15-12-21(13-16-28)20-8-10-25(11-9-20)29-18-24(19-29)23-7-4-14-27-17-23/h4,7-11,14,17,21-22,24H,1-3,5-6,12-13,15-16,18-19H2. The summed E-state index contributed by atoms with van der Waals surface area (Å²) in [6.07, 6.45) is 12.0. The summed E-state index contributed by atoms with van der Waals surface area (Å²) in [5.74, 6) is 1.93. The van der Waals surface area contributed by atoms with Crippen LogP contribution in [0.2, 0.25) is 0 Å². The number of amides is 1. The third-order valence-corrected chi connectivity index (χ3v) is 7.53. The Kier molecular flexibility index (Phi) is 5.74. The Morgan fingerprint density at radius 1 is 0.833 bits per heavy atom. The van der Waals surface area contributed by atoms with E-state index in [1.165, 1.54) is 36.1 Å². The number of benzene rings is 1. The van der Waals surface area contributed by atoms with E-state index >= 15 is 0 Å². The molecule has 30 heavy (non-hydrogen) atoms. The van der Waals surface area contributed by atoms with Crippen LogP contribution in [-0.4, -0.2) is 42.0 Å². The van der Waals surface area contributed by atoms with Gasteiger partial charge in [0, 0.05) is 56.1 Å². The smallest absolute Gasteiger partial charge is 0.225 e. The molecule has 0 atom stereocenters. The van der Waals surface area contributed by atoms with Gasteiger partial charge in [-0.15, -0.1) is 0 Å². The molecule has 1 aromatic carbocycles. The maximum Gasteiger partial charge on any atom is 0.225 e. The molecule has 0 unspecified atom stereocenters. The number of aromatic nitrogens is 1. The van der Waals surface area contributed by atoms with Crippen molar-refractivity contribution in [3.8, 4) is 0 Å². The van der Waals surface area contributed by atoms with Crippen molar-refractivity contribution in [3.05, 3.63) is 59.9 Å². The molecule has 1 amide bonds. The Bertz CT molecular complexity index is 830. The normalized spacial score (nSPS) is 21.5. The fourth-order valence-electron chi connectivity index (χ4n) is 5.52. The highest BCUT2D eigenvalue weighted by atomic mass is 16.2. The Balaban J connectivity index is 1.12. The van der Waals surface area contributed by atoms with Gasteiger partial charge in [-0.2, -0.15) is 0 Å². The maximum atomic E-state index is 12.8. The van der Waals surface area contributed by atoms with Crippen LogP contribution >= 0.6 is 0 Å². The van der Waals surface area contributed by atoms with Gasteiger partial charge >= 0.3 is 0 Å². The number of rotatable bonds is 4. The quantitative estimate of drug-likeness (QED) is 0.723. The monoisotopic (exact) mass is 403 g/mol. The van der Waals surface area contributed by atoms with Crippen molar-refractivity contribution in [2.45, 2.75) is 56.8 Å². The maximum absolute atomic E-state index is 12.8. The molecule has 5 rings (SSSR count). The van der Waals surface area contributed by atoms with E-state index in [2.05, 4.69) is 45.1 Å². The Labute approximate surface area is 180 Å². The van der Waals surface area contributed by atoms with Crippen LogP contribution in [0.15, 0.2) is 48.8 Å². The minimum absolute atomic E-state index is 0.307. The molecule has 3 aliphatic rings. The topological polar surface area (TPSA) is 36.4 Å². The highest BCUT2D eigenvalue weighted by molar-refractivity contribution is 5.79. The molecule has 0 N–H and O–H groups in total. The fraction of sp³-hybridized carbons (Fsp3) is 0.538. The van der Waals surface area contributed by atoms with Crippen molar-refractivity contribution in [2.75, 3.05) is 31.1 Å². The fourth-order valence-corrected chi connectivity index (χ4v) is 5.52. The molecular formula is C26H33N3O. The van der Waals surface area contributed by atoms with Crippen molar-refractivity contribution in [1.29, 1.82) is 0 Å². The van der Waals surface area contributed by atoms with Gasteiger partial charge in [0.05, 0.1) is 0 Å². The molecule has 0 radical (unpaired) electrons. The van der Waals surface area contributed by atoms with Crippen LogP contribution in [0.25, 0.3) is 0 Å². The van der Waals surface area contributed by atoms with Crippen molar-refractivity contribution >= 4 is 11.6 Å². The lowest BCUT2D eigenvalue weighted by Gasteiger charge is -2.41. The molecule has 0 bridgehead atoms. The van der Waals surface area contributed by atoms with Crippen molar-refractivity contribution in [3.63, 3.8) is 0 Å². The molecule has 1 aliphatic carbocycles. The first-order valence-electron chi connectivity index (χ1n) is 11.8. The lowest BCUT2D eigenvalue weighted by atomic mass is 9.85. The van der Waals surface area contributed by atoms with Gasteiger partial charge in [-0.25, -0.2) is 0 Å². The summed E-state index contributed by atoms with van der Waals surface area (Å²) >= 11 is 0. The minimum atomic E-state index is 0.307. The second-order valence-corrected chi connectivity index (χ2v) is 9.41. The molecule has 0 spiro atoms. The van der Waals surface area contributed by atoms with Crippen LogP contribution in [0, 0.1) is 5.92 Å². The van der Waals surface area contributed by atoms with Crippen LogP contribution in [-0.2, 0) is 4.79 Å². The van der Waals surface area contributed by atoms with E-state index in [9.17, 15) is 4.79 Å². The molecule has 3 fully saturated rings. The first-order chi connectivity index (χ1) is 14.8. The number of hydrogen-bond acceptors (Lipinski definition) is 3. The van der Waals surface area contributed by atoms with E-state index in [1.54, 1.807) is 0 Å². The molecule has 3 heterocycles. The van der Waals surface area contributed by atoms with Gasteiger partial charge in [-0.05, 0) is 60.9 Å². The zero-order chi connectivity index (χ0) is 20.3. The highest BCUT2D eigenvalue weighted by Gasteiger charge is 2.30. The number of nitrogens with zero attached hydrogens (tertiary/aromatic N) is 3. The number of hydrogen-bond donors (Lipinski definition) is 0. The predicted octanol–water partition coefficient (Wildman–Crippen LogP) is 4.97. The zero-order valence-electron chi connectivity index (χ0n) is 17.9. The summed E-state index contributed by atoms with van der Waals surface area (Å²) < 4.78 is 0. The van der Waals surface area contributed by atoms with Crippen LogP contribution in [0.4, 0.5) is 5.69 Å². The second kappa shape index (κ2) is 8.79. The van der Waals surface area contributed by atoms with E-state index in [0.29, 0.717) is 23.7 Å². The SMILES string of the molecule is O=C(C1CCCCC1)N1CCC(c2ccc(N3CC(c4cccnc4)C3)cc2)CC1. The number of piperidine rings is 1. The highest BCUT2D eigenvalue weighted by Crippen LogP contribution is 2.34. The van der Waals surface area contributed by atoms with Gasteiger partial charge in [0.2, 0.25) is 5.91 Å². The molecule has 2 saturated heterocycles. The van der Waals surface area contributed by atoms with Crippen LogP contribution in [0.5, 0.6) is 0 Å². The summed E-state index contributed by atoms with van der Waals surface area (Å²) in [7, 11) is 0. The summed E-state index contributed by atoms with van der Waals surface area (Å²) in [6.45, 7) is 4.01. The first kappa shape index (κ1) is 19.6. The molecule has 2 aliphatic heterocycles. The number of carbonyl (C=O) groups excluding carboxylic acids is 1. The summed E-state index contributed by atoms with van der Waals surface area (Å²) in [5, 5.41) is 0. The molecule has 4 heteroatoms. The number of anilines is 1. The average Bonchev–Trinajstić information content (AvgIpc) is 2.80. The van der Waals surface area contributed by atoms with Crippen LogP contribution < -0.4 is 4.90 Å². The van der Waals surface area contributed by atoms with Gasteiger partial charge in [0.25, 0.3) is 0 Å². The van der Waals surface area contributed by atoms with E-state index in [-0.39, 0.29) is 0 Å². The Morgan fingerprint density at radius 2 is 1.57 bits per heavy atom. The van der Waals surface area contributed by atoms with Gasteiger partial charge in [-0.3, -0.25) is 9.78 Å². The predicted molar refractivity (Wildman–Crippen MR) is 121 cm³/mol. The van der Waals surface area contributed by atoms with Gasteiger partial charge in [0.15, 0.2) is 0 Å². The molecule has 2 aromatic rings. The van der Waals surface area contributed by atoms with Gasteiger partial charge < -0.3 is 9.80 Å². The van der Waals surface area contributed by atoms with Crippen molar-refractivity contribution < 1.29 is 4.79 Å². The first-order valence-corrected chi connectivity index (χ1v) is 11.8. The Hall–Kier alpha value is -2.36. The van der Waals surface area contributed by atoms with E-state index in [4.69, 9.17) is 0 Å². The summed E-state index contributed by atoms with van der Waals surface area (Å²) in [5.41, 5.74) is 4.11.